The van der Waals surface area contributed by atoms with Gasteiger partial charge in [0.25, 0.3) is 0 Å². The zero-order valence-corrected chi connectivity index (χ0v) is 18.3. The second-order valence-corrected chi connectivity index (χ2v) is 7.15. The summed E-state index contributed by atoms with van der Waals surface area (Å²) in [5.74, 6) is -0.243. The van der Waals surface area contributed by atoms with Gasteiger partial charge in [-0.15, -0.1) is 0 Å². The van der Waals surface area contributed by atoms with Crippen LogP contribution in [0.4, 0.5) is 0 Å². The third-order valence-electron chi connectivity index (χ3n) is 4.66. The molecule has 0 unspecified atom stereocenters. The van der Waals surface area contributed by atoms with E-state index in [-0.39, 0.29) is 24.8 Å². The summed E-state index contributed by atoms with van der Waals surface area (Å²) in [6.45, 7) is 4.37. The van der Waals surface area contributed by atoms with E-state index in [0.717, 1.165) is 31.8 Å². The van der Waals surface area contributed by atoms with Crippen LogP contribution in [0, 0.1) is 0 Å². The minimum Gasteiger partial charge on any atom is -0.493 e. The lowest BCUT2D eigenvalue weighted by Crippen LogP contribution is -2.09. The van der Waals surface area contributed by atoms with Crippen molar-refractivity contribution >= 4 is 17.7 Å². The molecule has 170 valence electrons. The Kier molecular flexibility index (Phi) is 11.3. The normalized spacial score (nSPS) is 10.2. The Hall–Kier alpha value is -3.41. The van der Waals surface area contributed by atoms with E-state index in [1.165, 1.54) is 0 Å². The Bertz CT molecular complexity index is 875. The van der Waals surface area contributed by atoms with Crippen molar-refractivity contribution in [2.75, 3.05) is 19.8 Å². The predicted molar refractivity (Wildman–Crippen MR) is 122 cm³/mol. The minimum atomic E-state index is -0.492. The molecule has 0 saturated carbocycles. The summed E-state index contributed by atoms with van der Waals surface area (Å²) in [5.41, 5.74) is 1.20. The molecule has 0 amide bonds. The first-order chi connectivity index (χ1) is 15.6. The van der Waals surface area contributed by atoms with Crippen LogP contribution in [0.15, 0.2) is 67.3 Å². The van der Waals surface area contributed by atoms with Crippen molar-refractivity contribution in [2.24, 2.45) is 0 Å². The molecule has 6 nitrogen and oxygen atoms in total. The van der Waals surface area contributed by atoms with Gasteiger partial charge < -0.3 is 14.2 Å². The molecule has 0 aromatic heterocycles. The van der Waals surface area contributed by atoms with E-state index >= 15 is 0 Å². The average Bonchev–Trinajstić information content (AvgIpc) is 2.83. The molecule has 0 bridgehead atoms. The Morgan fingerprint density at radius 2 is 1.41 bits per heavy atom. The van der Waals surface area contributed by atoms with Crippen LogP contribution in [0.2, 0.25) is 0 Å². The fourth-order valence-corrected chi connectivity index (χ4v) is 2.97. The molecule has 32 heavy (non-hydrogen) atoms. The maximum atomic E-state index is 12.7. The van der Waals surface area contributed by atoms with Gasteiger partial charge in [0.1, 0.15) is 5.75 Å². The fraction of sp³-hybridized carbons (Fsp3) is 0.346. The van der Waals surface area contributed by atoms with Crippen LogP contribution in [0.5, 0.6) is 5.75 Å². The topological polar surface area (TPSA) is 78.9 Å². The van der Waals surface area contributed by atoms with Crippen LogP contribution in [-0.2, 0) is 19.1 Å². The lowest BCUT2D eigenvalue weighted by Gasteiger charge is -2.11. The average molecular weight is 439 g/mol. The molecule has 0 radical (unpaired) electrons. The molecule has 0 N–H and O–H groups in total. The van der Waals surface area contributed by atoms with Gasteiger partial charge in [0.15, 0.2) is 5.78 Å². The standard InChI is InChI=1S/C26H30O6/c1-2-24(27)31-20-12-17-25(28)32-19-11-4-3-10-18-30-23-16-9-8-15-22(23)26(29)21-13-6-5-7-14-21/h2,5-9,13-16H,1,3-4,10-12,17-20H2. The van der Waals surface area contributed by atoms with Crippen LogP contribution < -0.4 is 4.74 Å². The van der Waals surface area contributed by atoms with Crippen molar-refractivity contribution in [3.8, 4) is 5.75 Å². The van der Waals surface area contributed by atoms with Crippen LogP contribution in [0.25, 0.3) is 0 Å². The maximum Gasteiger partial charge on any atom is 0.330 e. The van der Waals surface area contributed by atoms with Gasteiger partial charge in [-0.3, -0.25) is 9.59 Å². The number of benzene rings is 2. The largest absolute Gasteiger partial charge is 0.493 e. The fourth-order valence-electron chi connectivity index (χ4n) is 2.97. The van der Waals surface area contributed by atoms with Gasteiger partial charge in [-0.2, -0.15) is 0 Å². The van der Waals surface area contributed by atoms with Gasteiger partial charge >= 0.3 is 11.9 Å². The summed E-state index contributed by atoms with van der Waals surface area (Å²) in [7, 11) is 0. The summed E-state index contributed by atoms with van der Waals surface area (Å²) in [5, 5.41) is 0. The molecule has 0 spiro atoms. The maximum absolute atomic E-state index is 12.7. The van der Waals surface area contributed by atoms with E-state index in [0.29, 0.717) is 36.5 Å². The quantitative estimate of drug-likeness (QED) is 0.170. The number of unbranched alkanes of at least 4 members (excludes halogenated alkanes) is 3. The second-order valence-electron chi connectivity index (χ2n) is 7.15. The lowest BCUT2D eigenvalue weighted by molar-refractivity contribution is -0.145. The van der Waals surface area contributed by atoms with Crippen LogP contribution in [0.1, 0.15) is 54.4 Å². The Morgan fingerprint density at radius 1 is 0.750 bits per heavy atom. The molecule has 6 heteroatoms. The van der Waals surface area contributed by atoms with Crippen molar-refractivity contribution in [2.45, 2.75) is 38.5 Å². The van der Waals surface area contributed by atoms with E-state index in [2.05, 4.69) is 6.58 Å². The van der Waals surface area contributed by atoms with Gasteiger partial charge in [0.05, 0.1) is 25.4 Å². The number of ether oxygens (including phenoxy) is 3. The van der Waals surface area contributed by atoms with Crippen molar-refractivity contribution in [1.82, 2.24) is 0 Å². The third kappa shape index (κ3) is 9.16. The van der Waals surface area contributed by atoms with E-state index in [1.54, 1.807) is 18.2 Å². The van der Waals surface area contributed by atoms with Crippen molar-refractivity contribution in [1.29, 1.82) is 0 Å². The molecule has 0 atom stereocenters. The zero-order valence-electron chi connectivity index (χ0n) is 18.3. The van der Waals surface area contributed by atoms with Crippen molar-refractivity contribution in [3.05, 3.63) is 78.4 Å². The van der Waals surface area contributed by atoms with Crippen LogP contribution in [-0.4, -0.2) is 37.5 Å². The monoisotopic (exact) mass is 438 g/mol. The molecular formula is C26H30O6. The zero-order chi connectivity index (χ0) is 23.0. The Balaban J connectivity index is 1.57. The summed E-state index contributed by atoms with van der Waals surface area (Å²) in [4.78, 5) is 35.2. The molecule has 0 aliphatic carbocycles. The first kappa shape index (κ1) is 24.9. The molecule has 0 aliphatic heterocycles. The number of ketones is 1. The number of hydrogen-bond donors (Lipinski definition) is 0. The molecule has 2 aromatic rings. The number of esters is 2. The molecule has 0 fully saturated rings. The Labute approximate surface area is 189 Å². The van der Waals surface area contributed by atoms with E-state index < -0.39 is 5.97 Å². The van der Waals surface area contributed by atoms with E-state index in [9.17, 15) is 14.4 Å². The van der Waals surface area contributed by atoms with Gasteiger partial charge in [-0.05, 0) is 44.2 Å². The van der Waals surface area contributed by atoms with Crippen molar-refractivity contribution < 1.29 is 28.6 Å². The third-order valence-corrected chi connectivity index (χ3v) is 4.66. The van der Waals surface area contributed by atoms with Gasteiger partial charge in [0, 0.05) is 18.1 Å². The smallest absolute Gasteiger partial charge is 0.330 e. The van der Waals surface area contributed by atoms with Gasteiger partial charge in [-0.1, -0.05) is 49.0 Å². The van der Waals surface area contributed by atoms with E-state index in [4.69, 9.17) is 14.2 Å². The molecule has 0 aliphatic rings. The van der Waals surface area contributed by atoms with Gasteiger partial charge in [0.2, 0.25) is 0 Å². The highest BCUT2D eigenvalue weighted by Crippen LogP contribution is 2.22. The molecule has 0 heterocycles. The second kappa shape index (κ2) is 14.6. The predicted octanol–water partition coefficient (Wildman–Crippen LogP) is 4.91. The molecular weight excluding hydrogens is 408 g/mol. The number of hydrogen-bond acceptors (Lipinski definition) is 6. The SMILES string of the molecule is C=CC(=O)OCCCC(=O)OCCCCCCOc1ccccc1C(=O)c1ccccc1. The first-order valence-electron chi connectivity index (χ1n) is 10.9. The number of carbonyl (C=O) groups is 3. The summed E-state index contributed by atoms with van der Waals surface area (Å²) >= 11 is 0. The highest BCUT2D eigenvalue weighted by Gasteiger charge is 2.13. The number of carbonyl (C=O) groups excluding carboxylic acids is 3. The van der Waals surface area contributed by atoms with Crippen molar-refractivity contribution in [3.63, 3.8) is 0 Å². The molecule has 2 rings (SSSR count). The first-order valence-corrected chi connectivity index (χ1v) is 10.9. The van der Waals surface area contributed by atoms with E-state index in [1.807, 2.05) is 36.4 Å². The van der Waals surface area contributed by atoms with Gasteiger partial charge in [-0.25, -0.2) is 4.79 Å². The van der Waals surface area contributed by atoms with Crippen LogP contribution >= 0.6 is 0 Å². The number of para-hydroxylation sites is 1. The Morgan fingerprint density at radius 3 is 2.16 bits per heavy atom. The highest BCUT2D eigenvalue weighted by atomic mass is 16.5. The highest BCUT2D eigenvalue weighted by molar-refractivity contribution is 6.10. The summed E-state index contributed by atoms with van der Waals surface area (Å²) in [6.07, 6.45) is 5.22. The molecule has 2 aromatic carbocycles. The van der Waals surface area contributed by atoms with Crippen LogP contribution in [0.3, 0.4) is 0 Å². The number of rotatable bonds is 15. The summed E-state index contributed by atoms with van der Waals surface area (Å²) in [6, 6.07) is 16.4. The summed E-state index contributed by atoms with van der Waals surface area (Å²) < 4.78 is 15.8. The lowest BCUT2D eigenvalue weighted by atomic mass is 10.0. The molecule has 0 saturated heterocycles. The minimum absolute atomic E-state index is 0.0538.